The fourth-order valence-corrected chi connectivity index (χ4v) is 4.45. The van der Waals surface area contributed by atoms with Gasteiger partial charge in [0.1, 0.15) is 0 Å². The molecule has 0 heteroatoms. The molecule has 0 saturated carbocycles. The van der Waals surface area contributed by atoms with Gasteiger partial charge in [-0.05, 0) is 54.2 Å². The maximum Gasteiger partial charge on any atom is 0.0713 e. The van der Waals surface area contributed by atoms with Crippen molar-refractivity contribution in [3.05, 3.63) is 131 Å². The summed E-state index contributed by atoms with van der Waals surface area (Å²) in [7, 11) is 0. The smallest absolute Gasteiger partial charge is 0.0713 e. The van der Waals surface area contributed by atoms with Gasteiger partial charge in [0, 0.05) is 0 Å². The molecule has 4 rings (SSSR count). The van der Waals surface area contributed by atoms with Gasteiger partial charge in [-0.25, -0.2) is 0 Å². The number of fused-ring (bicyclic) bond motifs is 3. The van der Waals surface area contributed by atoms with Gasteiger partial charge < -0.3 is 0 Å². The van der Waals surface area contributed by atoms with Crippen molar-refractivity contribution in [2.24, 2.45) is 0 Å². The Kier molecular flexibility index (Phi) is 6.90. The summed E-state index contributed by atoms with van der Waals surface area (Å²) in [4.78, 5) is 0. The summed E-state index contributed by atoms with van der Waals surface area (Å²) >= 11 is 0. The second kappa shape index (κ2) is 9.59. The van der Waals surface area contributed by atoms with E-state index in [0.29, 0.717) is 0 Å². The lowest BCUT2D eigenvalue weighted by Crippen LogP contribution is -2.29. The van der Waals surface area contributed by atoms with Gasteiger partial charge in [-0.3, -0.25) is 0 Å². The number of rotatable bonds is 4. The highest BCUT2D eigenvalue weighted by molar-refractivity contribution is 5.86. The Morgan fingerprint density at radius 2 is 1.17 bits per heavy atom. The fourth-order valence-electron chi connectivity index (χ4n) is 4.45. The normalized spacial score (nSPS) is 13.8. The average Bonchev–Trinajstić information content (AvgIpc) is 3.10. The molecular weight excluding hydrogens is 360 g/mol. The Morgan fingerprint density at radius 1 is 0.667 bits per heavy atom. The summed E-state index contributed by atoms with van der Waals surface area (Å²) in [5.74, 6) is 0. The molecule has 0 unspecified atom stereocenters. The molecule has 0 N–H and O–H groups in total. The molecule has 0 bridgehead atoms. The highest BCUT2D eigenvalue weighted by Gasteiger charge is 2.46. The molecule has 30 heavy (non-hydrogen) atoms. The molecule has 152 valence electrons. The summed E-state index contributed by atoms with van der Waals surface area (Å²) in [6.07, 6.45) is 8.94. The zero-order chi connectivity index (χ0) is 21.6. The molecule has 3 aromatic rings. The van der Waals surface area contributed by atoms with Crippen LogP contribution in [0.3, 0.4) is 0 Å². The fraction of sp³-hybridized carbons (Fsp3) is 0.200. The topological polar surface area (TPSA) is 0 Å². The summed E-state index contributed by atoms with van der Waals surface area (Å²) in [5.41, 5.74) is 8.95. The lowest BCUT2D eigenvalue weighted by Gasteiger charge is -2.34. The lowest BCUT2D eigenvalue weighted by atomic mass is 9.67. The van der Waals surface area contributed by atoms with Crippen LogP contribution >= 0.6 is 0 Å². The molecule has 1 aliphatic rings. The maximum absolute atomic E-state index is 2.29. The molecule has 0 spiro atoms. The van der Waals surface area contributed by atoms with Crippen molar-refractivity contribution in [3.63, 3.8) is 0 Å². The van der Waals surface area contributed by atoms with Crippen molar-refractivity contribution >= 4 is 0 Å². The van der Waals surface area contributed by atoms with E-state index in [-0.39, 0.29) is 5.41 Å². The van der Waals surface area contributed by atoms with E-state index in [9.17, 15) is 0 Å². The molecule has 0 atom stereocenters. The van der Waals surface area contributed by atoms with Gasteiger partial charge in [0.05, 0.1) is 5.41 Å². The summed E-state index contributed by atoms with van der Waals surface area (Å²) in [6.45, 7) is 10.4. The van der Waals surface area contributed by atoms with Crippen LogP contribution in [0.4, 0.5) is 0 Å². The molecular formula is C30H32. The van der Waals surface area contributed by atoms with Crippen LogP contribution in [0.5, 0.6) is 0 Å². The minimum atomic E-state index is -0.313. The summed E-state index contributed by atoms with van der Waals surface area (Å²) in [6, 6.07) is 28.6. The van der Waals surface area contributed by atoms with E-state index in [1.807, 2.05) is 13.8 Å². The molecule has 0 nitrogen and oxygen atoms in total. The Morgan fingerprint density at radius 3 is 1.67 bits per heavy atom. The van der Waals surface area contributed by atoms with Gasteiger partial charge in [-0.2, -0.15) is 0 Å². The van der Waals surface area contributed by atoms with Gasteiger partial charge >= 0.3 is 0 Å². The molecule has 3 aromatic carbocycles. The number of allylic oxidation sites excluding steroid dienone is 6. The first-order chi connectivity index (χ1) is 14.7. The quantitative estimate of drug-likeness (QED) is 0.390. The van der Waals surface area contributed by atoms with Crippen LogP contribution in [0, 0.1) is 0 Å². The van der Waals surface area contributed by atoms with Gasteiger partial charge in [0.2, 0.25) is 0 Å². The first-order valence-electron chi connectivity index (χ1n) is 10.9. The van der Waals surface area contributed by atoms with Gasteiger partial charge in [-0.15, -0.1) is 0 Å². The Labute approximate surface area is 182 Å². The SMILES string of the molecule is C/C=C\C(=C/C=C(C)C)C1(c2ccccc2)c2ccccc2-c2ccccc21.CC. The van der Waals surface area contributed by atoms with E-state index in [4.69, 9.17) is 0 Å². The molecule has 0 heterocycles. The van der Waals surface area contributed by atoms with E-state index >= 15 is 0 Å². The van der Waals surface area contributed by atoms with Gasteiger partial charge in [0.25, 0.3) is 0 Å². The first kappa shape index (κ1) is 21.6. The second-order valence-electron chi connectivity index (χ2n) is 7.57. The zero-order valence-electron chi connectivity index (χ0n) is 18.8. The standard InChI is InChI=1S/C28H26.C2H6/c1-4-12-22(20-19-21(2)3)28(23-13-6-5-7-14-23)26-17-10-8-15-24(26)25-16-9-11-18-27(25)28;1-2/h4-20H,1-3H3;1-2H3/b12-4-,22-20+;. The minimum Gasteiger partial charge on any atom is -0.0873 e. The highest BCUT2D eigenvalue weighted by Crippen LogP contribution is 2.56. The highest BCUT2D eigenvalue weighted by atomic mass is 14.5. The van der Waals surface area contributed by atoms with Crippen molar-refractivity contribution in [3.8, 4) is 11.1 Å². The average molecular weight is 393 g/mol. The van der Waals surface area contributed by atoms with Crippen molar-refractivity contribution in [1.82, 2.24) is 0 Å². The molecule has 0 saturated heterocycles. The third kappa shape index (κ3) is 3.59. The van der Waals surface area contributed by atoms with Crippen LogP contribution in [0.25, 0.3) is 11.1 Å². The van der Waals surface area contributed by atoms with E-state index in [2.05, 4.69) is 124 Å². The van der Waals surface area contributed by atoms with Crippen molar-refractivity contribution < 1.29 is 0 Å². The molecule has 0 amide bonds. The van der Waals surface area contributed by atoms with Gasteiger partial charge in [-0.1, -0.05) is 123 Å². The molecule has 0 radical (unpaired) electrons. The largest absolute Gasteiger partial charge is 0.0873 e. The Balaban J connectivity index is 0.00000124. The molecule has 0 aliphatic heterocycles. The number of hydrogen-bond acceptors (Lipinski definition) is 0. The molecule has 0 aromatic heterocycles. The van der Waals surface area contributed by atoms with E-state index in [1.54, 1.807) is 0 Å². The van der Waals surface area contributed by atoms with Crippen LogP contribution in [-0.2, 0) is 5.41 Å². The van der Waals surface area contributed by atoms with Crippen LogP contribution < -0.4 is 0 Å². The lowest BCUT2D eigenvalue weighted by molar-refractivity contribution is 0.766. The Bertz CT molecular complexity index is 1030. The minimum absolute atomic E-state index is 0.313. The number of hydrogen-bond donors (Lipinski definition) is 0. The first-order valence-corrected chi connectivity index (χ1v) is 10.9. The maximum atomic E-state index is 2.29. The summed E-state index contributed by atoms with van der Waals surface area (Å²) < 4.78 is 0. The van der Waals surface area contributed by atoms with Crippen LogP contribution in [0.1, 0.15) is 51.3 Å². The van der Waals surface area contributed by atoms with Crippen LogP contribution in [-0.4, -0.2) is 0 Å². The molecule has 0 fully saturated rings. The second-order valence-corrected chi connectivity index (χ2v) is 7.57. The van der Waals surface area contributed by atoms with Gasteiger partial charge in [0.15, 0.2) is 0 Å². The Hall–Kier alpha value is -3.12. The third-order valence-electron chi connectivity index (χ3n) is 5.53. The third-order valence-corrected chi connectivity index (χ3v) is 5.53. The van der Waals surface area contributed by atoms with E-state index in [1.165, 1.54) is 39.0 Å². The van der Waals surface area contributed by atoms with Crippen molar-refractivity contribution in [1.29, 1.82) is 0 Å². The predicted molar refractivity (Wildman–Crippen MR) is 132 cm³/mol. The molecule has 1 aliphatic carbocycles. The predicted octanol–water partition coefficient (Wildman–Crippen LogP) is 8.50. The van der Waals surface area contributed by atoms with Crippen molar-refractivity contribution in [2.45, 2.75) is 40.0 Å². The van der Waals surface area contributed by atoms with Crippen LogP contribution in [0.15, 0.2) is 114 Å². The summed E-state index contributed by atoms with van der Waals surface area (Å²) in [5, 5.41) is 0. The monoisotopic (exact) mass is 392 g/mol. The van der Waals surface area contributed by atoms with E-state index in [0.717, 1.165) is 0 Å². The van der Waals surface area contributed by atoms with Crippen molar-refractivity contribution in [2.75, 3.05) is 0 Å². The van der Waals surface area contributed by atoms with E-state index < -0.39 is 0 Å². The number of benzene rings is 3. The zero-order valence-corrected chi connectivity index (χ0v) is 18.8. The van der Waals surface area contributed by atoms with Crippen LogP contribution in [0.2, 0.25) is 0 Å².